The number of aromatic nitrogens is 4. The number of amides is 3. The summed E-state index contributed by atoms with van der Waals surface area (Å²) in [6.07, 6.45) is 3.09. The molecule has 0 saturated carbocycles. The van der Waals surface area contributed by atoms with Crippen molar-refractivity contribution in [2.45, 2.75) is 51.3 Å². The molecule has 0 fully saturated rings. The van der Waals surface area contributed by atoms with E-state index in [1.54, 1.807) is 81.4 Å². The van der Waals surface area contributed by atoms with Gasteiger partial charge < -0.3 is 36.4 Å². The number of ether oxygens (including phenoxy) is 1. The summed E-state index contributed by atoms with van der Waals surface area (Å²) in [5.74, 6) is -0.534. The fraction of sp³-hybridized carbons (Fsp3) is 0.244. The molecule has 0 aliphatic heterocycles. The van der Waals surface area contributed by atoms with Crippen LogP contribution in [0.1, 0.15) is 77.5 Å². The third kappa shape index (κ3) is 12.2. The molecule has 0 saturated heterocycles. The molecule has 0 bridgehead atoms. The van der Waals surface area contributed by atoms with Crippen molar-refractivity contribution < 1.29 is 19.1 Å². The molecule has 2 unspecified atom stereocenters. The van der Waals surface area contributed by atoms with Crippen molar-refractivity contribution in [1.82, 2.24) is 35.9 Å². The molecule has 6 rings (SSSR count). The molecule has 4 aromatic carbocycles. The number of hydrogen-bond donors (Lipinski definition) is 6. The van der Waals surface area contributed by atoms with E-state index >= 15 is 0 Å². The third-order valence-electron chi connectivity index (χ3n) is 8.53. The molecular weight excluding hydrogens is 771 g/mol. The summed E-state index contributed by atoms with van der Waals surface area (Å²) in [7, 11) is 0. The maximum atomic E-state index is 12.6. The summed E-state index contributed by atoms with van der Waals surface area (Å²) in [6, 6.07) is 23.4. The van der Waals surface area contributed by atoms with E-state index in [0.29, 0.717) is 68.9 Å². The minimum Gasteiger partial charge on any atom is -0.444 e. The molecule has 0 spiro atoms. The lowest BCUT2D eigenvalue weighted by atomic mass is 10.0. The lowest BCUT2D eigenvalue weighted by Gasteiger charge is -2.24. The number of halogens is 2. The van der Waals surface area contributed by atoms with Gasteiger partial charge in [0.1, 0.15) is 5.60 Å². The van der Waals surface area contributed by atoms with Gasteiger partial charge in [-0.3, -0.25) is 19.2 Å². The Morgan fingerprint density at radius 3 is 1.63 bits per heavy atom. The second-order valence-corrected chi connectivity index (χ2v) is 14.8. The zero-order chi connectivity index (χ0) is 41.1. The van der Waals surface area contributed by atoms with Crippen LogP contribution >= 0.6 is 23.2 Å². The Morgan fingerprint density at radius 1 is 0.702 bits per heavy atom. The molecule has 0 aliphatic rings. The fourth-order valence-corrected chi connectivity index (χ4v) is 5.89. The number of nitrogens with two attached hydrogens (primary N) is 1. The highest BCUT2D eigenvalue weighted by Crippen LogP contribution is 2.21. The lowest BCUT2D eigenvalue weighted by Crippen LogP contribution is -2.36. The van der Waals surface area contributed by atoms with Gasteiger partial charge in [0.05, 0.1) is 40.5 Å². The summed E-state index contributed by atoms with van der Waals surface area (Å²) in [6.45, 7) is 6.09. The predicted molar refractivity (Wildman–Crippen MR) is 221 cm³/mol. The monoisotopic (exact) mass is 812 g/mol. The second kappa shape index (κ2) is 19.2. The number of nitrogens with zero attached hydrogens (tertiary/aromatic N) is 2. The summed E-state index contributed by atoms with van der Waals surface area (Å²) in [5, 5.41) is 10.6. The number of benzene rings is 4. The Bertz CT molecular complexity index is 2470. The largest absolute Gasteiger partial charge is 0.444 e. The maximum absolute atomic E-state index is 12.6. The van der Waals surface area contributed by atoms with Gasteiger partial charge in [-0.05, 0) is 105 Å². The van der Waals surface area contributed by atoms with E-state index < -0.39 is 11.7 Å². The Morgan fingerprint density at radius 2 is 1.16 bits per heavy atom. The number of nitrogens with one attached hydrogen (secondary N) is 5. The molecule has 296 valence electrons. The smallest absolute Gasteiger partial charge is 0.408 e. The average Bonchev–Trinajstić information content (AvgIpc) is 3.17. The van der Waals surface area contributed by atoms with Crippen molar-refractivity contribution >= 4 is 62.9 Å². The lowest BCUT2D eigenvalue weighted by molar-refractivity contribution is 0.0501. The molecule has 0 radical (unpaired) electrons. The van der Waals surface area contributed by atoms with Gasteiger partial charge in [0.15, 0.2) is 0 Å². The van der Waals surface area contributed by atoms with Gasteiger partial charge in [0, 0.05) is 40.3 Å². The van der Waals surface area contributed by atoms with Gasteiger partial charge in [0.25, 0.3) is 22.9 Å². The molecule has 16 heteroatoms. The molecular formula is C41H42Cl2N8O6. The van der Waals surface area contributed by atoms with Crippen molar-refractivity contribution in [3.63, 3.8) is 0 Å². The van der Waals surface area contributed by atoms with Crippen LogP contribution in [0.3, 0.4) is 0 Å². The summed E-state index contributed by atoms with van der Waals surface area (Å²) in [5.41, 5.74) is 8.55. The van der Waals surface area contributed by atoms with Gasteiger partial charge >= 0.3 is 6.09 Å². The van der Waals surface area contributed by atoms with Crippen LogP contribution in [0.25, 0.3) is 21.8 Å². The molecule has 2 aromatic heterocycles. The minimum atomic E-state index is -0.630. The van der Waals surface area contributed by atoms with E-state index in [1.807, 2.05) is 24.3 Å². The van der Waals surface area contributed by atoms with Crippen LogP contribution in [0.2, 0.25) is 10.0 Å². The standard InChI is InChI=1S/C23H25ClN4O4.C18H17ClN4O2/c1-23(2,3)32-22(31)28-18(14-4-7-16(24)8-5-14)10-11-25-20(29)15-6-9-17-19(12-15)26-13-27-21(17)30;19-13-4-1-11(2-5-13)15(20)7-8-21-17(24)12-3-6-14-16(9-12)22-10-23-18(14)25/h4-9,12-13,18H,10-11H2,1-3H3,(H,25,29)(H,28,31)(H,26,27,30);1-6,9-10,15H,7-8,20H2,(H,21,24)(H,22,23,25). The van der Waals surface area contributed by atoms with E-state index in [9.17, 15) is 24.0 Å². The number of fused-ring (bicyclic) bond motifs is 2. The van der Waals surface area contributed by atoms with E-state index in [4.69, 9.17) is 33.7 Å². The van der Waals surface area contributed by atoms with Crippen LogP contribution in [0.4, 0.5) is 4.79 Å². The highest BCUT2D eigenvalue weighted by molar-refractivity contribution is 6.30. The van der Waals surface area contributed by atoms with Crippen LogP contribution in [0.5, 0.6) is 0 Å². The van der Waals surface area contributed by atoms with Crippen molar-refractivity contribution in [3.05, 3.63) is 151 Å². The number of carbonyl (C=O) groups is 3. The van der Waals surface area contributed by atoms with E-state index in [-0.39, 0.29) is 35.0 Å². The molecule has 2 heterocycles. The second-order valence-electron chi connectivity index (χ2n) is 13.9. The Hall–Kier alpha value is -6.09. The normalized spacial score (nSPS) is 12.2. The topological polar surface area (TPSA) is 214 Å². The van der Waals surface area contributed by atoms with Crippen molar-refractivity contribution in [2.75, 3.05) is 13.1 Å². The molecule has 6 aromatic rings. The van der Waals surface area contributed by atoms with Crippen LogP contribution in [0.15, 0.2) is 107 Å². The highest BCUT2D eigenvalue weighted by atomic mass is 35.5. The van der Waals surface area contributed by atoms with Crippen LogP contribution in [-0.2, 0) is 4.74 Å². The number of rotatable bonds is 11. The molecule has 2 atom stereocenters. The third-order valence-corrected chi connectivity index (χ3v) is 9.03. The summed E-state index contributed by atoms with van der Waals surface area (Å²) >= 11 is 11.8. The van der Waals surface area contributed by atoms with Gasteiger partial charge in [-0.2, -0.15) is 0 Å². The van der Waals surface area contributed by atoms with Crippen molar-refractivity contribution in [3.8, 4) is 0 Å². The van der Waals surface area contributed by atoms with E-state index in [2.05, 4.69) is 35.9 Å². The number of aromatic amines is 2. The molecule has 3 amide bonds. The summed E-state index contributed by atoms with van der Waals surface area (Å²) in [4.78, 5) is 73.7. The minimum absolute atomic E-state index is 0.186. The number of carbonyl (C=O) groups excluding carboxylic acids is 3. The van der Waals surface area contributed by atoms with Crippen molar-refractivity contribution in [2.24, 2.45) is 5.73 Å². The number of hydrogen-bond acceptors (Lipinski definition) is 9. The van der Waals surface area contributed by atoms with Crippen LogP contribution < -0.4 is 32.8 Å². The molecule has 0 aliphatic carbocycles. The highest BCUT2D eigenvalue weighted by Gasteiger charge is 2.21. The Balaban J connectivity index is 0.000000224. The van der Waals surface area contributed by atoms with Gasteiger partial charge in [-0.1, -0.05) is 47.5 Å². The first-order valence-corrected chi connectivity index (χ1v) is 18.7. The molecule has 14 nitrogen and oxygen atoms in total. The maximum Gasteiger partial charge on any atom is 0.408 e. The van der Waals surface area contributed by atoms with Crippen LogP contribution in [-0.4, -0.2) is 56.5 Å². The average molecular weight is 814 g/mol. The van der Waals surface area contributed by atoms with Gasteiger partial charge in [-0.15, -0.1) is 0 Å². The molecule has 7 N–H and O–H groups in total. The van der Waals surface area contributed by atoms with E-state index in [1.165, 1.54) is 12.7 Å². The predicted octanol–water partition coefficient (Wildman–Crippen LogP) is 6.36. The zero-order valence-electron chi connectivity index (χ0n) is 31.4. The first kappa shape index (κ1) is 42.1. The zero-order valence-corrected chi connectivity index (χ0v) is 32.9. The van der Waals surface area contributed by atoms with Gasteiger partial charge in [-0.25, -0.2) is 14.8 Å². The van der Waals surface area contributed by atoms with Crippen LogP contribution in [0, 0.1) is 0 Å². The SMILES string of the molecule is CC(C)(C)OC(=O)NC(CCNC(=O)c1ccc2c(=O)[nH]cnc2c1)c1ccc(Cl)cc1.NC(CCNC(=O)c1ccc2c(=O)[nH]cnc2c1)c1ccc(Cl)cc1. The van der Waals surface area contributed by atoms with Crippen molar-refractivity contribution in [1.29, 1.82) is 0 Å². The Kier molecular flexibility index (Phi) is 14.1. The molecule has 57 heavy (non-hydrogen) atoms. The Labute approximate surface area is 337 Å². The number of H-pyrrole nitrogens is 2. The fourth-order valence-electron chi connectivity index (χ4n) is 5.64. The number of alkyl carbamates (subject to hydrolysis) is 1. The van der Waals surface area contributed by atoms with E-state index in [0.717, 1.165) is 11.1 Å². The first-order valence-electron chi connectivity index (χ1n) is 17.9. The quantitative estimate of drug-likeness (QED) is 0.0858. The summed E-state index contributed by atoms with van der Waals surface area (Å²) < 4.78 is 5.36. The first-order chi connectivity index (χ1) is 27.2. The van der Waals surface area contributed by atoms with Gasteiger partial charge in [0.2, 0.25) is 0 Å².